The molecule has 0 saturated heterocycles. The lowest BCUT2D eigenvalue weighted by atomic mass is 10.1. The molecule has 3 N–H and O–H groups in total. The van der Waals surface area contributed by atoms with Gasteiger partial charge in [0.25, 0.3) is 0 Å². The van der Waals surface area contributed by atoms with Crippen LogP contribution in [0.1, 0.15) is 52.2 Å². The Morgan fingerprint density at radius 3 is 2.50 bits per heavy atom. The van der Waals surface area contributed by atoms with E-state index in [4.69, 9.17) is 0 Å². The van der Waals surface area contributed by atoms with Gasteiger partial charge in [0.2, 0.25) is 5.91 Å². The molecular formula is C16H31N7O. The third kappa shape index (κ3) is 7.43. The third-order valence-corrected chi connectivity index (χ3v) is 3.31. The molecule has 8 nitrogen and oxygen atoms in total. The van der Waals surface area contributed by atoms with Crippen LogP contribution in [0.25, 0.3) is 0 Å². The number of amides is 1. The molecule has 0 atom stereocenters. The van der Waals surface area contributed by atoms with Crippen molar-refractivity contribution >= 4 is 11.9 Å². The Labute approximate surface area is 144 Å². The van der Waals surface area contributed by atoms with Crippen molar-refractivity contribution in [1.29, 1.82) is 0 Å². The topological polar surface area (TPSA) is 96.2 Å². The predicted octanol–water partition coefficient (Wildman–Crippen LogP) is 0.874. The number of hydrogen-bond donors (Lipinski definition) is 3. The van der Waals surface area contributed by atoms with E-state index in [1.165, 1.54) is 0 Å². The van der Waals surface area contributed by atoms with E-state index in [0.29, 0.717) is 12.5 Å². The minimum Gasteiger partial charge on any atom is -0.356 e. The fourth-order valence-corrected chi connectivity index (χ4v) is 1.92. The van der Waals surface area contributed by atoms with Crippen LogP contribution in [0, 0.1) is 6.92 Å². The summed E-state index contributed by atoms with van der Waals surface area (Å²) < 4.78 is 1.90. The van der Waals surface area contributed by atoms with Crippen LogP contribution < -0.4 is 16.0 Å². The second-order valence-electron chi connectivity index (χ2n) is 6.82. The Bertz CT molecular complexity index is 557. The van der Waals surface area contributed by atoms with Crippen LogP contribution in [-0.4, -0.2) is 45.3 Å². The molecule has 0 bridgehead atoms. The number of carbonyl (C=O) groups is 1. The number of nitrogens with zero attached hydrogens (tertiary/aromatic N) is 4. The normalized spacial score (nSPS) is 12.2. The number of nitrogens with one attached hydrogen (secondary N) is 3. The van der Waals surface area contributed by atoms with Gasteiger partial charge >= 0.3 is 0 Å². The van der Waals surface area contributed by atoms with E-state index in [9.17, 15) is 4.79 Å². The first-order chi connectivity index (χ1) is 11.2. The van der Waals surface area contributed by atoms with E-state index < -0.39 is 0 Å². The highest BCUT2D eigenvalue weighted by Crippen LogP contribution is 1.99. The first kappa shape index (κ1) is 19.9. The van der Waals surface area contributed by atoms with Crippen molar-refractivity contribution in [3.8, 4) is 0 Å². The Morgan fingerprint density at radius 1 is 1.25 bits per heavy atom. The maximum atomic E-state index is 11.9. The van der Waals surface area contributed by atoms with E-state index in [1.54, 1.807) is 0 Å². The molecular weight excluding hydrogens is 306 g/mol. The number of unbranched alkanes of at least 4 members (excludes halogenated alkanes) is 1. The number of aromatic nitrogens is 3. The Balaban J connectivity index is 2.63. The summed E-state index contributed by atoms with van der Waals surface area (Å²) in [6.07, 6.45) is 2.13. The van der Waals surface area contributed by atoms with Gasteiger partial charge in [-0.2, -0.15) is 0 Å². The number of aliphatic imine (C=N–C) groups is 1. The zero-order valence-corrected chi connectivity index (χ0v) is 15.7. The summed E-state index contributed by atoms with van der Waals surface area (Å²) in [5.41, 5.74) is -0.248. The minimum absolute atomic E-state index is 0.0676. The highest BCUT2D eigenvalue weighted by Gasteiger charge is 2.14. The molecule has 0 aliphatic heterocycles. The smallest absolute Gasteiger partial charge is 0.239 e. The van der Waals surface area contributed by atoms with Gasteiger partial charge in [0.15, 0.2) is 11.8 Å². The molecule has 0 aliphatic rings. The van der Waals surface area contributed by atoms with Crippen molar-refractivity contribution in [1.82, 2.24) is 30.7 Å². The van der Waals surface area contributed by atoms with E-state index in [2.05, 4.69) is 38.1 Å². The summed E-state index contributed by atoms with van der Waals surface area (Å²) >= 11 is 0. The van der Waals surface area contributed by atoms with Crippen LogP contribution in [-0.2, 0) is 18.4 Å². The van der Waals surface area contributed by atoms with E-state index in [1.807, 2.05) is 39.3 Å². The zero-order valence-electron chi connectivity index (χ0n) is 15.7. The van der Waals surface area contributed by atoms with Crippen LogP contribution >= 0.6 is 0 Å². The second kappa shape index (κ2) is 9.24. The Hall–Kier alpha value is -2.12. The predicted molar refractivity (Wildman–Crippen MR) is 95.7 cm³/mol. The molecule has 0 aliphatic carbocycles. The Morgan fingerprint density at radius 2 is 1.96 bits per heavy atom. The second-order valence-corrected chi connectivity index (χ2v) is 6.82. The van der Waals surface area contributed by atoms with Crippen molar-refractivity contribution in [2.24, 2.45) is 12.0 Å². The summed E-state index contributed by atoms with van der Waals surface area (Å²) in [7, 11) is 1.91. The summed E-state index contributed by atoms with van der Waals surface area (Å²) in [5, 5.41) is 17.3. The summed E-state index contributed by atoms with van der Waals surface area (Å²) in [6, 6.07) is 0. The van der Waals surface area contributed by atoms with E-state index in [0.717, 1.165) is 31.0 Å². The monoisotopic (exact) mass is 337 g/mol. The highest BCUT2D eigenvalue weighted by molar-refractivity contribution is 5.86. The maximum Gasteiger partial charge on any atom is 0.239 e. The molecule has 0 unspecified atom stereocenters. The lowest BCUT2D eigenvalue weighted by Gasteiger charge is -2.21. The maximum absolute atomic E-state index is 11.9. The van der Waals surface area contributed by atoms with E-state index in [-0.39, 0.29) is 18.0 Å². The first-order valence-corrected chi connectivity index (χ1v) is 8.41. The van der Waals surface area contributed by atoms with Gasteiger partial charge in [0.1, 0.15) is 12.4 Å². The van der Waals surface area contributed by atoms with Gasteiger partial charge in [-0.25, -0.2) is 4.99 Å². The molecule has 1 aromatic rings. The lowest BCUT2D eigenvalue weighted by Crippen LogP contribution is -2.48. The lowest BCUT2D eigenvalue weighted by molar-refractivity contribution is -0.121. The van der Waals surface area contributed by atoms with Crippen molar-refractivity contribution < 1.29 is 4.79 Å². The number of carbonyl (C=O) groups excluding carboxylic acids is 1. The molecule has 8 heteroatoms. The van der Waals surface area contributed by atoms with Crippen molar-refractivity contribution in [3.63, 3.8) is 0 Å². The average Bonchev–Trinajstić information content (AvgIpc) is 2.79. The van der Waals surface area contributed by atoms with Crippen molar-refractivity contribution in [2.75, 3.05) is 13.1 Å². The van der Waals surface area contributed by atoms with Gasteiger partial charge in [-0.05, 0) is 34.1 Å². The van der Waals surface area contributed by atoms with Gasteiger partial charge in [0, 0.05) is 19.1 Å². The van der Waals surface area contributed by atoms with Gasteiger partial charge in [-0.3, -0.25) is 4.79 Å². The summed E-state index contributed by atoms with van der Waals surface area (Å²) in [4.78, 5) is 16.4. The van der Waals surface area contributed by atoms with Crippen LogP contribution in [0.3, 0.4) is 0 Å². The molecule has 136 valence electrons. The van der Waals surface area contributed by atoms with Gasteiger partial charge < -0.3 is 20.5 Å². The Kier molecular flexibility index (Phi) is 7.67. The number of rotatable bonds is 7. The molecule has 0 aromatic carbocycles. The molecule has 24 heavy (non-hydrogen) atoms. The van der Waals surface area contributed by atoms with Crippen molar-refractivity contribution in [3.05, 3.63) is 11.6 Å². The summed E-state index contributed by atoms with van der Waals surface area (Å²) in [6.45, 7) is 11.3. The quantitative estimate of drug-likeness (QED) is 0.390. The molecule has 0 fully saturated rings. The van der Waals surface area contributed by atoms with E-state index >= 15 is 0 Å². The van der Waals surface area contributed by atoms with Crippen LogP contribution in [0.2, 0.25) is 0 Å². The molecule has 0 radical (unpaired) electrons. The van der Waals surface area contributed by atoms with Gasteiger partial charge in [-0.15, -0.1) is 10.2 Å². The molecule has 1 rings (SSSR count). The fraction of sp³-hybridized carbons (Fsp3) is 0.750. The molecule has 0 spiro atoms. The molecule has 1 amide bonds. The van der Waals surface area contributed by atoms with Crippen LogP contribution in [0.15, 0.2) is 4.99 Å². The summed E-state index contributed by atoms with van der Waals surface area (Å²) in [5.74, 6) is 2.16. The standard InChI is InChI=1S/C16H31N7O/c1-7-8-9-17-15(19-11-14(24)20-16(3,4)5)18-10-13-22-21-12(2)23(13)6/h7-11H2,1-6H3,(H,20,24)(H2,17,18,19). The number of hydrogen-bond acceptors (Lipinski definition) is 4. The zero-order chi connectivity index (χ0) is 18.2. The molecule has 1 heterocycles. The largest absolute Gasteiger partial charge is 0.356 e. The third-order valence-electron chi connectivity index (χ3n) is 3.31. The number of aryl methyl sites for hydroxylation is 1. The minimum atomic E-state index is -0.248. The fourth-order valence-electron chi connectivity index (χ4n) is 1.92. The van der Waals surface area contributed by atoms with Gasteiger partial charge in [0.05, 0.1) is 6.54 Å². The van der Waals surface area contributed by atoms with Crippen LogP contribution in [0.5, 0.6) is 0 Å². The first-order valence-electron chi connectivity index (χ1n) is 8.41. The molecule has 0 saturated carbocycles. The average molecular weight is 337 g/mol. The highest BCUT2D eigenvalue weighted by atomic mass is 16.2. The number of guanidine groups is 1. The molecule has 1 aromatic heterocycles. The van der Waals surface area contributed by atoms with Gasteiger partial charge in [-0.1, -0.05) is 13.3 Å². The van der Waals surface area contributed by atoms with Crippen LogP contribution in [0.4, 0.5) is 0 Å². The van der Waals surface area contributed by atoms with Crippen molar-refractivity contribution in [2.45, 2.75) is 59.5 Å². The SMILES string of the molecule is CCCCNC(=NCc1nnc(C)n1C)NCC(=O)NC(C)(C)C.